The van der Waals surface area contributed by atoms with Crippen molar-refractivity contribution in [3.05, 3.63) is 65.7 Å². The van der Waals surface area contributed by atoms with Crippen LogP contribution in [0.2, 0.25) is 0 Å². The molecule has 0 aliphatic rings. The van der Waals surface area contributed by atoms with Crippen molar-refractivity contribution in [1.82, 2.24) is 4.98 Å². The highest BCUT2D eigenvalue weighted by atomic mass is 32.1. The van der Waals surface area contributed by atoms with Gasteiger partial charge in [-0.15, -0.1) is 11.3 Å². The summed E-state index contributed by atoms with van der Waals surface area (Å²) < 4.78 is 5.33. The maximum atomic E-state index is 12.1. The highest BCUT2D eigenvalue weighted by Crippen LogP contribution is 2.29. The molecule has 0 saturated carbocycles. The first kappa shape index (κ1) is 17.0. The van der Waals surface area contributed by atoms with E-state index >= 15 is 0 Å². The maximum absolute atomic E-state index is 12.1. The number of thiazole rings is 1. The van der Waals surface area contributed by atoms with Crippen LogP contribution in [0, 0.1) is 0 Å². The molecular formula is C19H19N3O2S. The van der Waals surface area contributed by atoms with Crippen LogP contribution < -0.4 is 15.0 Å². The number of nitrogens with zero attached hydrogens (tertiary/aromatic N) is 2. The highest BCUT2D eigenvalue weighted by molar-refractivity contribution is 7.14. The van der Waals surface area contributed by atoms with E-state index in [0.717, 1.165) is 22.8 Å². The molecule has 1 amide bonds. The zero-order chi connectivity index (χ0) is 17.6. The number of para-hydroxylation sites is 3. The van der Waals surface area contributed by atoms with Gasteiger partial charge in [-0.2, -0.15) is 0 Å². The van der Waals surface area contributed by atoms with Crippen molar-refractivity contribution in [3.63, 3.8) is 0 Å². The molecule has 2 aromatic carbocycles. The predicted octanol–water partition coefficient (Wildman–Crippen LogP) is 4.45. The molecule has 6 heteroatoms. The van der Waals surface area contributed by atoms with Gasteiger partial charge < -0.3 is 10.1 Å². The normalized spacial score (nSPS) is 10.3. The van der Waals surface area contributed by atoms with Crippen molar-refractivity contribution in [1.29, 1.82) is 0 Å². The molecular weight excluding hydrogens is 334 g/mol. The second-order valence-electron chi connectivity index (χ2n) is 5.37. The van der Waals surface area contributed by atoms with Gasteiger partial charge in [0.1, 0.15) is 5.75 Å². The Balaban J connectivity index is 1.76. The first-order chi connectivity index (χ1) is 12.2. The molecule has 0 spiro atoms. The Hall–Kier alpha value is -2.86. The van der Waals surface area contributed by atoms with Crippen LogP contribution in [0.15, 0.2) is 60.0 Å². The van der Waals surface area contributed by atoms with Gasteiger partial charge in [-0.05, 0) is 24.3 Å². The number of rotatable bonds is 6. The zero-order valence-corrected chi connectivity index (χ0v) is 14.9. The summed E-state index contributed by atoms with van der Waals surface area (Å²) in [5, 5.41) is 5.93. The summed E-state index contributed by atoms with van der Waals surface area (Å²) in [7, 11) is 1.64. The van der Waals surface area contributed by atoms with Gasteiger partial charge >= 0.3 is 0 Å². The average Bonchev–Trinajstić information content (AvgIpc) is 3.09. The number of benzene rings is 2. The van der Waals surface area contributed by atoms with Crippen molar-refractivity contribution in [2.45, 2.75) is 13.5 Å². The number of carbonyl (C=O) groups excluding carboxylic acids is 1. The highest BCUT2D eigenvalue weighted by Gasteiger charge is 2.17. The van der Waals surface area contributed by atoms with Gasteiger partial charge in [0.25, 0.3) is 0 Å². The standard InChI is InChI=1S/C19H19N3O2S/c1-14(23)22(16-8-4-3-5-9-16)19-21-15(13-25-19)12-20-17-10-6-7-11-18(17)24-2/h3-11,13,20H,12H2,1-2H3. The molecule has 25 heavy (non-hydrogen) atoms. The SMILES string of the molecule is COc1ccccc1NCc1csc(N(C(C)=O)c2ccccc2)n1. The second kappa shape index (κ2) is 7.81. The molecule has 0 unspecified atom stereocenters. The lowest BCUT2D eigenvalue weighted by molar-refractivity contribution is -0.115. The number of nitrogens with one attached hydrogen (secondary N) is 1. The molecule has 128 valence electrons. The van der Waals surface area contributed by atoms with E-state index in [0.29, 0.717) is 11.7 Å². The summed E-state index contributed by atoms with van der Waals surface area (Å²) in [6, 6.07) is 17.3. The van der Waals surface area contributed by atoms with Crippen LogP contribution >= 0.6 is 11.3 Å². The summed E-state index contributed by atoms with van der Waals surface area (Å²) >= 11 is 1.45. The Morgan fingerprint density at radius 3 is 2.60 bits per heavy atom. The maximum Gasteiger partial charge on any atom is 0.230 e. The molecule has 5 nitrogen and oxygen atoms in total. The fraction of sp³-hybridized carbons (Fsp3) is 0.158. The van der Waals surface area contributed by atoms with Crippen molar-refractivity contribution < 1.29 is 9.53 Å². The van der Waals surface area contributed by atoms with Crippen LogP contribution in [0.4, 0.5) is 16.5 Å². The molecule has 0 aliphatic heterocycles. The van der Waals surface area contributed by atoms with Gasteiger partial charge in [-0.25, -0.2) is 4.98 Å². The van der Waals surface area contributed by atoms with Crippen LogP contribution in [0.3, 0.4) is 0 Å². The van der Waals surface area contributed by atoms with Gasteiger partial charge in [0, 0.05) is 12.3 Å². The van der Waals surface area contributed by atoms with E-state index in [-0.39, 0.29) is 5.91 Å². The van der Waals surface area contributed by atoms with Gasteiger partial charge in [-0.3, -0.25) is 9.69 Å². The van der Waals surface area contributed by atoms with E-state index in [4.69, 9.17) is 4.74 Å². The lowest BCUT2D eigenvalue weighted by Gasteiger charge is -2.17. The van der Waals surface area contributed by atoms with Crippen molar-refractivity contribution in [2.24, 2.45) is 0 Å². The van der Waals surface area contributed by atoms with Gasteiger partial charge in [0.2, 0.25) is 5.91 Å². The Bertz CT molecular complexity index is 849. The Morgan fingerprint density at radius 1 is 1.16 bits per heavy atom. The van der Waals surface area contributed by atoms with Gasteiger partial charge in [0.15, 0.2) is 5.13 Å². The number of methoxy groups -OCH3 is 1. The Labute approximate surface area is 150 Å². The first-order valence-electron chi connectivity index (χ1n) is 7.86. The number of anilines is 3. The number of amides is 1. The lowest BCUT2D eigenvalue weighted by Crippen LogP contribution is -2.22. The number of hydrogen-bond donors (Lipinski definition) is 1. The number of ether oxygens (including phenoxy) is 1. The van der Waals surface area contributed by atoms with E-state index in [2.05, 4.69) is 10.3 Å². The minimum atomic E-state index is -0.0650. The molecule has 3 aromatic rings. The third-order valence-corrected chi connectivity index (χ3v) is 4.50. The average molecular weight is 353 g/mol. The van der Waals surface area contributed by atoms with Crippen molar-refractivity contribution in [2.75, 3.05) is 17.3 Å². The largest absolute Gasteiger partial charge is 0.495 e. The minimum absolute atomic E-state index is 0.0650. The Kier molecular flexibility index (Phi) is 5.30. The monoisotopic (exact) mass is 353 g/mol. The van der Waals surface area contributed by atoms with E-state index < -0.39 is 0 Å². The quantitative estimate of drug-likeness (QED) is 0.711. The molecule has 0 radical (unpaired) electrons. The summed E-state index contributed by atoms with van der Waals surface area (Å²) in [5.74, 6) is 0.720. The summed E-state index contributed by atoms with van der Waals surface area (Å²) in [6.45, 7) is 2.10. The van der Waals surface area contributed by atoms with E-state index in [9.17, 15) is 4.79 Å². The van der Waals surface area contributed by atoms with Crippen LogP contribution in [0.5, 0.6) is 5.75 Å². The molecule has 0 aliphatic carbocycles. The van der Waals surface area contributed by atoms with E-state index in [1.165, 1.54) is 11.3 Å². The molecule has 0 saturated heterocycles. The summed E-state index contributed by atoms with van der Waals surface area (Å²) in [6.07, 6.45) is 0. The van der Waals surface area contributed by atoms with E-state index in [1.807, 2.05) is 60.0 Å². The minimum Gasteiger partial charge on any atom is -0.495 e. The third-order valence-electron chi connectivity index (χ3n) is 3.63. The topological polar surface area (TPSA) is 54.5 Å². The summed E-state index contributed by atoms with van der Waals surface area (Å²) in [4.78, 5) is 18.3. The second-order valence-corrected chi connectivity index (χ2v) is 6.20. The molecule has 1 heterocycles. The fourth-order valence-corrected chi connectivity index (χ4v) is 3.35. The lowest BCUT2D eigenvalue weighted by atomic mass is 10.3. The van der Waals surface area contributed by atoms with Crippen LogP contribution in [-0.2, 0) is 11.3 Å². The van der Waals surface area contributed by atoms with Gasteiger partial charge in [-0.1, -0.05) is 30.3 Å². The molecule has 0 fully saturated rings. The number of carbonyl (C=O) groups is 1. The number of hydrogen-bond acceptors (Lipinski definition) is 5. The van der Waals surface area contributed by atoms with Crippen LogP contribution in [-0.4, -0.2) is 18.0 Å². The number of aromatic nitrogens is 1. The molecule has 0 atom stereocenters. The third kappa shape index (κ3) is 3.97. The molecule has 3 rings (SSSR count). The smallest absolute Gasteiger partial charge is 0.230 e. The van der Waals surface area contributed by atoms with Crippen LogP contribution in [0.1, 0.15) is 12.6 Å². The van der Waals surface area contributed by atoms with Crippen LogP contribution in [0.25, 0.3) is 0 Å². The summed E-state index contributed by atoms with van der Waals surface area (Å²) in [5.41, 5.74) is 2.59. The molecule has 0 bridgehead atoms. The first-order valence-corrected chi connectivity index (χ1v) is 8.74. The fourth-order valence-electron chi connectivity index (χ4n) is 2.46. The van der Waals surface area contributed by atoms with Crippen molar-refractivity contribution >= 4 is 33.8 Å². The molecule has 1 aromatic heterocycles. The van der Waals surface area contributed by atoms with E-state index in [1.54, 1.807) is 18.9 Å². The van der Waals surface area contributed by atoms with Crippen molar-refractivity contribution in [3.8, 4) is 5.75 Å². The van der Waals surface area contributed by atoms with Gasteiger partial charge in [0.05, 0.1) is 30.7 Å². The zero-order valence-electron chi connectivity index (χ0n) is 14.1. The predicted molar refractivity (Wildman–Crippen MR) is 102 cm³/mol. The Morgan fingerprint density at radius 2 is 1.88 bits per heavy atom. The molecule has 1 N–H and O–H groups in total.